The predicted octanol–water partition coefficient (Wildman–Crippen LogP) is 4.88. The molecule has 1 saturated heterocycles. The second kappa shape index (κ2) is 8.06. The van der Waals surface area contributed by atoms with E-state index in [0.717, 1.165) is 12.1 Å². The van der Waals surface area contributed by atoms with Gasteiger partial charge in [-0.25, -0.2) is 0 Å². The molecule has 1 fully saturated rings. The summed E-state index contributed by atoms with van der Waals surface area (Å²) in [6, 6.07) is 15.6. The number of nitrogens with zero attached hydrogens (tertiary/aromatic N) is 1. The Morgan fingerprint density at radius 3 is 2.52 bits per heavy atom. The lowest BCUT2D eigenvalue weighted by Gasteiger charge is -2.27. The molecule has 0 aliphatic carbocycles. The summed E-state index contributed by atoms with van der Waals surface area (Å²) in [5.41, 5.74) is 0.805. The SMILES string of the molecule is CC1CNC(=O)CCN1C(=O)c1ccc(-c2cccc(C(F)(F)F)c2)c2ccccc12. The number of benzene rings is 3. The van der Waals surface area contributed by atoms with Crippen LogP contribution in [-0.4, -0.2) is 35.8 Å². The highest BCUT2D eigenvalue weighted by molar-refractivity contribution is 6.11. The van der Waals surface area contributed by atoms with Crippen LogP contribution in [0.1, 0.15) is 29.3 Å². The van der Waals surface area contributed by atoms with E-state index < -0.39 is 11.7 Å². The monoisotopic (exact) mass is 426 g/mol. The van der Waals surface area contributed by atoms with Crippen molar-refractivity contribution in [3.05, 3.63) is 71.8 Å². The molecule has 160 valence electrons. The average molecular weight is 426 g/mol. The van der Waals surface area contributed by atoms with Gasteiger partial charge in [0.15, 0.2) is 0 Å². The van der Waals surface area contributed by atoms with Gasteiger partial charge in [0.1, 0.15) is 0 Å². The van der Waals surface area contributed by atoms with Gasteiger partial charge in [-0.15, -0.1) is 0 Å². The fraction of sp³-hybridized carbons (Fsp3) is 0.250. The van der Waals surface area contributed by atoms with Crippen LogP contribution in [0, 0.1) is 0 Å². The minimum absolute atomic E-state index is 0.0908. The van der Waals surface area contributed by atoms with E-state index in [2.05, 4.69) is 5.32 Å². The summed E-state index contributed by atoms with van der Waals surface area (Å²) in [6.07, 6.45) is -4.20. The number of rotatable bonds is 2. The molecule has 4 rings (SSSR count). The fourth-order valence-electron chi connectivity index (χ4n) is 3.96. The Morgan fingerprint density at radius 2 is 1.77 bits per heavy atom. The van der Waals surface area contributed by atoms with Gasteiger partial charge in [0, 0.05) is 31.1 Å². The van der Waals surface area contributed by atoms with E-state index in [4.69, 9.17) is 0 Å². The number of halogens is 3. The number of amides is 2. The van der Waals surface area contributed by atoms with Crippen LogP contribution in [0.15, 0.2) is 60.7 Å². The third-order valence-electron chi connectivity index (χ3n) is 5.62. The van der Waals surface area contributed by atoms with Crippen LogP contribution in [-0.2, 0) is 11.0 Å². The molecule has 1 heterocycles. The first-order chi connectivity index (χ1) is 14.8. The van der Waals surface area contributed by atoms with Crippen molar-refractivity contribution in [2.45, 2.75) is 25.6 Å². The molecular formula is C24H21F3N2O2. The first-order valence-corrected chi connectivity index (χ1v) is 10.0. The van der Waals surface area contributed by atoms with Crippen LogP contribution in [0.2, 0.25) is 0 Å². The minimum atomic E-state index is -4.43. The third kappa shape index (κ3) is 4.13. The van der Waals surface area contributed by atoms with Crippen molar-refractivity contribution >= 4 is 22.6 Å². The normalized spacial score (nSPS) is 17.4. The molecule has 31 heavy (non-hydrogen) atoms. The summed E-state index contributed by atoms with van der Waals surface area (Å²) in [7, 11) is 0. The van der Waals surface area contributed by atoms with Crippen molar-refractivity contribution in [3.8, 4) is 11.1 Å². The molecule has 3 aromatic rings. The summed E-state index contributed by atoms with van der Waals surface area (Å²) >= 11 is 0. The zero-order valence-electron chi connectivity index (χ0n) is 16.9. The van der Waals surface area contributed by atoms with Gasteiger partial charge < -0.3 is 10.2 Å². The average Bonchev–Trinajstić information content (AvgIpc) is 2.92. The van der Waals surface area contributed by atoms with Crippen LogP contribution in [0.4, 0.5) is 13.2 Å². The van der Waals surface area contributed by atoms with Gasteiger partial charge in [-0.2, -0.15) is 13.2 Å². The Kier molecular flexibility index (Phi) is 5.43. The molecule has 0 spiro atoms. The summed E-state index contributed by atoms with van der Waals surface area (Å²) in [5.74, 6) is -0.289. The van der Waals surface area contributed by atoms with Gasteiger partial charge in [-0.3, -0.25) is 9.59 Å². The zero-order chi connectivity index (χ0) is 22.2. The van der Waals surface area contributed by atoms with E-state index in [1.54, 1.807) is 47.4 Å². The van der Waals surface area contributed by atoms with Crippen LogP contribution >= 0.6 is 0 Å². The number of alkyl halides is 3. The fourth-order valence-corrected chi connectivity index (χ4v) is 3.96. The van der Waals surface area contributed by atoms with Gasteiger partial charge in [-0.05, 0) is 47.0 Å². The van der Waals surface area contributed by atoms with Crippen molar-refractivity contribution in [1.82, 2.24) is 10.2 Å². The topological polar surface area (TPSA) is 49.4 Å². The molecule has 0 aromatic heterocycles. The van der Waals surface area contributed by atoms with E-state index >= 15 is 0 Å². The van der Waals surface area contributed by atoms with Crippen molar-refractivity contribution in [2.24, 2.45) is 0 Å². The molecule has 0 radical (unpaired) electrons. The van der Waals surface area contributed by atoms with E-state index in [0.29, 0.717) is 40.6 Å². The summed E-state index contributed by atoms with van der Waals surface area (Å²) in [4.78, 5) is 26.7. The molecule has 1 N–H and O–H groups in total. The van der Waals surface area contributed by atoms with E-state index in [-0.39, 0.29) is 24.3 Å². The second-order valence-corrected chi connectivity index (χ2v) is 7.69. The summed E-state index contributed by atoms with van der Waals surface area (Å²) < 4.78 is 39.6. The Hall–Kier alpha value is -3.35. The third-order valence-corrected chi connectivity index (χ3v) is 5.62. The summed E-state index contributed by atoms with van der Waals surface area (Å²) in [6.45, 7) is 2.57. The molecule has 1 aliphatic rings. The molecule has 0 saturated carbocycles. The molecular weight excluding hydrogens is 405 g/mol. The minimum Gasteiger partial charge on any atom is -0.354 e. The van der Waals surface area contributed by atoms with Crippen LogP contribution in [0.25, 0.3) is 21.9 Å². The Bertz CT molecular complexity index is 1160. The molecule has 7 heteroatoms. The second-order valence-electron chi connectivity index (χ2n) is 7.69. The molecule has 1 unspecified atom stereocenters. The summed E-state index contributed by atoms with van der Waals surface area (Å²) in [5, 5.41) is 4.15. The van der Waals surface area contributed by atoms with E-state index in [9.17, 15) is 22.8 Å². The van der Waals surface area contributed by atoms with Gasteiger partial charge in [-0.1, -0.05) is 42.5 Å². The molecule has 0 bridgehead atoms. The molecule has 3 aromatic carbocycles. The standard InChI is InChI=1S/C24H21F3N2O2/c1-15-14-28-22(30)11-12-29(15)23(31)21-10-9-18(19-7-2-3-8-20(19)21)16-5-4-6-17(13-16)24(25,26)27/h2-10,13,15H,11-12,14H2,1H3,(H,28,30). The van der Waals surface area contributed by atoms with Crippen LogP contribution in [0.5, 0.6) is 0 Å². The number of nitrogens with one attached hydrogen (secondary N) is 1. The van der Waals surface area contributed by atoms with Gasteiger partial charge >= 0.3 is 6.18 Å². The number of carbonyl (C=O) groups excluding carboxylic acids is 2. The van der Waals surface area contributed by atoms with Gasteiger partial charge in [0.05, 0.1) is 5.56 Å². The van der Waals surface area contributed by atoms with Crippen molar-refractivity contribution < 1.29 is 22.8 Å². The molecule has 1 aliphatic heterocycles. The number of hydrogen-bond donors (Lipinski definition) is 1. The Morgan fingerprint density at radius 1 is 1.03 bits per heavy atom. The molecule has 2 amide bonds. The highest BCUT2D eigenvalue weighted by Crippen LogP contribution is 2.36. The number of hydrogen-bond acceptors (Lipinski definition) is 2. The van der Waals surface area contributed by atoms with Crippen LogP contribution in [0.3, 0.4) is 0 Å². The van der Waals surface area contributed by atoms with Crippen molar-refractivity contribution in [1.29, 1.82) is 0 Å². The van der Waals surface area contributed by atoms with E-state index in [1.165, 1.54) is 6.07 Å². The predicted molar refractivity (Wildman–Crippen MR) is 113 cm³/mol. The quantitative estimate of drug-likeness (QED) is 0.635. The smallest absolute Gasteiger partial charge is 0.354 e. The van der Waals surface area contributed by atoms with Crippen LogP contribution < -0.4 is 5.32 Å². The Balaban J connectivity index is 1.79. The number of fused-ring (bicyclic) bond motifs is 1. The Labute approximate surface area is 177 Å². The lowest BCUT2D eigenvalue weighted by molar-refractivity contribution is -0.137. The van der Waals surface area contributed by atoms with E-state index in [1.807, 2.05) is 6.92 Å². The molecule has 1 atom stereocenters. The van der Waals surface area contributed by atoms with Crippen molar-refractivity contribution in [3.63, 3.8) is 0 Å². The first-order valence-electron chi connectivity index (χ1n) is 10.0. The highest BCUT2D eigenvalue weighted by Gasteiger charge is 2.31. The maximum atomic E-state index is 13.4. The lowest BCUT2D eigenvalue weighted by Crippen LogP contribution is -2.41. The highest BCUT2D eigenvalue weighted by atomic mass is 19.4. The first kappa shape index (κ1) is 20.9. The maximum absolute atomic E-state index is 13.4. The lowest BCUT2D eigenvalue weighted by atomic mass is 9.93. The van der Waals surface area contributed by atoms with Gasteiger partial charge in [0.2, 0.25) is 5.91 Å². The maximum Gasteiger partial charge on any atom is 0.416 e. The molecule has 4 nitrogen and oxygen atoms in total. The van der Waals surface area contributed by atoms with Crippen molar-refractivity contribution in [2.75, 3.05) is 13.1 Å². The largest absolute Gasteiger partial charge is 0.416 e. The zero-order valence-corrected chi connectivity index (χ0v) is 16.9. The number of carbonyl (C=O) groups is 2. The van der Waals surface area contributed by atoms with Gasteiger partial charge in [0.25, 0.3) is 5.91 Å².